The number of imidazole rings is 1. The van der Waals surface area contributed by atoms with Crippen LogP contribution in [0.4, 0.5) is 0 Å². The van der Waals surface area contributed by atoms with Gasteiger partial charge in [-0.05, 0) is 34.4 Å². The van der Waals surface area contributed by atoms with Gasteiger partial charge in [-0.15, -0.1) is 10.2 Å². The highest BCUT2D eigenvalue weighted by molar-refractivity contribution is 6.30. The number of halogens is 1. The Morgan fingerprint density at radius 1 is 1.15 bits per heavy atom. The molecule has 0 unspecified atom stereocenters. The van der Waals surface area contributed by atoms with E-state index in [0.29, 0.717) is 23.2 Å². The van der Waals surface area contributed by atoms with Gasteiger partial charge in [0, 0.05) is 24.6 Å². The number of aryl methyl sites for hydroxylation is 1. The molecule has 2 aromatic carbocycles. The van der Waals surface area contributed by atoms with Gasteiger partial charge in [-0.3, -0.25) is 0 Å². The predicted molar refractivity (Wildman–Crippen MR) is 127 cm³/mol. The molecule has 0 amide bonds. The van der Waals surface area contributed by atoms with Gasteiger partial charge in [0.1, 0.15) is 5.82 Å². The van der Waals surface area contributed by atoms with E-state index < -0.39 is 5.97 Å². The molecule has 0 aliphatic rings. The summed E-state index contributed by atoms with van der Waals surface area (Å²) >= 11 is 6.35. The van der Waals surface area contributed by atoms with Crippen molar-refractivity contribution in [3.63, 3.8) is 0 Å². The molecule has 0 saturated carbocycles. The molecule has 0 spiro atoms. The van der Waals surface area contributed by atoms with Crippen LogP contribution in [-0.2, 0) is 17.8 Å². The van der Waals surface area contributed by atoms with Gasteiger partial charge in [0.15, 0.2) is 5.15 Å². The molecule has 0 atom stereocenters. The molecule has 0 aliphatic carbocycles. The van der Waals surface area contributed by atoms with E-state index in [4.69, 9.17) is 16.7 Å². The zero-order chi connectivity index (χ0) is 23.2. The molecule has 0 radical (unpaired) electrons. The minimum Gasteiger partial charge on any atom is -0.478 e. The van der Waals surface area contributed by atoms with Crippen LogP contribution in [0.25, 0.3) is 28.6 Å². The average Bonchev–Trinajstić information content (AvgIpc) is 3.45. The molecular weight excluding hydrogens is 440 g/mol. The molecule has 33 heavy (non-hydrogen) atoms. The first-order valence-electron chi connectivity index (χ1n) is 10.6. The second-order valence-corrected chi connectivity index (χ2v) is 7.90. The molecule has 2 heterocycles. The van der Waals surface area contributed by atoms with Gasteiger partial charge in [0.25, 0.3) is 0 Å². The third-order valence-corrected chi connectivity index (χ3v) is 5.58. The van der Waals surface area contributed by atoms with Gasteiger partial charge in [-0.1, -0.05) is 73.5 Å². The number of unbranched alkanes of at least 4 members (excludes halogenated alkanes) is 1. The summed E-state index contributed by atoms with van der Waals surface area (Å²) in [6, 6.07) is 16.1. The van der Waals surface area contributed by atoms with Gasteiger partial charge >= 0.3 is 5.97 Å². The molecule has 0 saturated heterocycles. The first kappa shape index (κ1) is 22.4. The highest BCUT2D eigenvalue weighted by atomic mass is 35.5. The number of nitrogens with zero attached hydrogens (tertiary/aromatic N) is 5. The Hall–Kier alpha value is -3.78. The van der Waals surface area contributed by atoms with Crippen molar-refractivity contribution in [1.29, 1.82) is 0 Å². The Labute approximate surface area is 196 Å². The predicted octanol–water partition coefficient (Wildman–Crippen LogP) is 4.87. The van der Waals surface area contributed by atoms with E-state index in [1.807, 2.05) is 53.1 Å². The van der Waals surface area contributed by atoms with Gasteiger partial charge < -0.3 is 9.67 Å². The van der Waals surface area contributed by atoms with Crippen molar-refractivity contribution >= 4 is 23.6 Å². The number of nitrogens with one attached hydrogen (secondary N) is 1. The zero-order valence-electron chi connectivity index (χ0n) is 18.1. The normalized spacial score (nSPS) is 11.3. The van der Waals surface area contributed by atoms with E-state index in [0.717, 1.165) is 53.4 Å². The lowest BCUT2D eigenvalue weighted by atomic mass is 9.98. The summed E-state index contributed by atoms with van der Waals surface area (Å²) in [7, 11) is 0. The fourth-order valence-electron chi connectivity index (χ4n) is 3.67. The van der Waals surface area contributed by atoms with Crippen LogP contribution >= 0.6 is 11.6 Å². The molecule has 0 aliphatic heterocycles. The summed E-state index contributed by atoms with van der Waals surface area (Å²) in [5, 5.41) is 23.7. The summed E-state index contributed by atoms with van der Waals surface area (Å²) in [5.74, 6) is 0.357. The number of carbonyl (C=O) groups is 1. The zero-order valence-corrected chi connectivity index (χ0v) is 18.8. The topological polar surface area (TPSA) is 110 Å². The second kappa shape index (κ2) is 10.2. The molecular formula is C24H23ClN6O2. The summed E-state index contributed by atoms with van der Waals surface area (Å²) in [5.41, 5.74) is 4.57. The van der Waals surface area contributed by atoms with Crippen molar-refractivity contribution in [3.8, 4) is 22.5 Å². The second-order valence-electron chi connectivity index (χ2n) is 7.54. The highest BCUT2D eigenvalue weighted by Gasteiger charge is 2.15. The fraction of sp³-hybridized carbons (Fsp3) is 0.208. The number of tetrazole rings is 1. The Bertz CT molecular complexity index is 1260. The number of rotatable bonds is 9. The quantitative estimate of drug-likeness (QED) is 0.343. The van der Waals surface area contributed by atoms with Crippen molar-refractivity contribution in [1.82, 2.24) is 30.2 Å². The maximum Gasteiger partial charge on any atom is 0.328 e. The Kier molecular flexibility index (Phi) is 6.95. The van der Waals surface area contributed by atoms with Crippen molar-refractivity contribution < 1.29 is 9.90 Å². The smallest absolute Gasteiger partial charge is 0.328 e. The molecule has 2 N–H and O–H groups in total. The highest BCUT2D eigenvalue weighted by Crippen LogP contribution is 2.30. The van der Waals surface area contributed by atoms with Crippen LogP contribution in [0.15, 0.2) is 54.6 Å². The number of H-pyrrole nitrogens is 1. The largest absolute Gasteiger partial charge is 0.478 e. The number of carboxylic acid groups (broad SMARTS) is 1. The first-order valence-corrected chi connectivity index (χ1v) is 11.0. The molecule has 4 aromatic rings. The lowest BCUT2D eigenvalue weighted by Gasteiger charge is -2.12. The number of aromatic amines is 1. The number of hydrogen-bond donors (Lipinski definition) is 2. The molecule has 4 rings (SSSR count). The van der Waals surface area contributed by atoms with Crippen molar-refractivity contribution in [2.45, 2.75) is 32.7 Å². The summed E-state index contributed by atoms with van der Waals surface area (Å²) in [4.78, 5) is 15.5. The summed E-state index contributed by atoms with van der Waals surface area (Å²) in [6.07, 6.45) is 5.36. The fourth-order valence-corrected chi connectivity index (χ4v) is 3.93. The minimum absolute atomic E-state index is 0.310. The average molecular weight is 463 g/mol. The van der Waals surface area contributed by atoms with Gasteiger partial charge in [-0.25, -0.2) is 9.78 Å². The van der Waals surface area contributed by atoms with Crippen LogP contribution in [0, 0.1) is 0 Å². The third-order valence-electron chi connectivity index (χ3n) is 5.30. The number of aromatic nitrogens is 6. The van der Waals surface area contributed by atoms with Gasteiger partial charge in [0.05, 0.1) is 5.69 Å². The molecule has 0 fully saturated rings. The monoisotopic (exact) mass is 462 g/mol. The third kappa shape index (κ3) is 5.18. The minimum atomic E-state index is -1.03. The Balaban J connectivity index is 1.65. The number of aliphatic carboxylic acids is 1. The SMILES string of the molecule is CCCCc1nc(Cl)c(C=CC(=O)O)n1Cc1ccc(-c2ccccc2-c2nn[nH]n2)cc1. The molecule has 0 bridgehead atoms. The molecule has 168 valence electrons. The van der Waals surface area contributed by atoms with E-state index in [9.17, 15) is 4.79 Å². The number of hydrogen-bond acceptors (Lipinski definition) is 5. The van der Waals surface area contributed by atoms with E-state index in [1.165, 1.54) is 6.08 Å². The van der Waals surface area contributed by atoms with Crippen LogP contribution in [0.5, 0.6) is 0 Å². The maximum absolute atomic E-state index is 11.0. The first-order chi connectivity index (χ1) is 16.1. The van der Waals surface area contributed by atoms with Crippen molar-refractivity contribution in [2.75, 3.05) is 0 Å². The number of carboxylic acids is 1. The lowest BCUT2D eigenvalue weighted by Crippen LogP contribution is -2.07. The van der Waals surface area contributed by atoms with Crippen molar-refractivity contribution in [2.24, 2.45) is 0 Å². The van der Waals surface area contributed by atoms with E-state index in [2.05, 4.69) is 32.5 Å². The molecule has 2 aromatic heterocycles. The molecule has 9 heteroatoms. The maximum atomic E-state index is 11.0. The lowest BCUT2D eigenvalue weighted by molar-refractivity contribution is -0.131. The van der Waals surface area contributed by atoms with E-state index >= 15 is 0 Å². The summed E-state index contributed by atoms with van der Waals surface area (Å²) < 4.78 is 1.99. The number of benzene rings is 2. The van der Waals surface area contributed by atoms with Crippen molar-refractivity contribution in [3.05, 3.63) is 76.8 Å². The molecule has 8 nitrogen and oxygen atoms in total. The van der Waals surface area contributed by atoms with Gasteiger partial charge in [-0.2, -0.15) is 5.21 Å². The van der Waals surface area contributed by atoms with Crippen LogP contribution in [0.1, 0.15) is 36.8 Å². The standard InChI is InChI=1S/C24H23ClN6O2/c1-2-3-8-21-26-23(25)20(13-14-22(32)33)31(21)15-16-9-11-17(12-10-16)18-6-4-5-7-19(18)24-27-29-30-28-24/h4-7,9-14H,2-3,8,15H2,1H3,(H,32,33)(H,27,28,29,30). The van der Waals surface area contributed by atoms with E-state index in [-0.39, 0.29) is 0 Å². The Morgan fingerprint density at radius 3 is 2.58 bits per heavy atom. The van der Waals surface area contributed by atoms with Crippen LogP contribution in [-0.4, -0.2) is 41.3 Å². The summed E-state index contributed by atoms with van der Waals surface area (Å²) in [6.45, 7) is 2.65. The van der Waals surface area contributed by atoms with E-state index in [1.54, 1.807) is 0 Å². The van der Waals surface area contributed by atoms with Gasteiger partial charge in [0.2, 0.25) is 5.82 Å². The van der Waals surface area contributed by atoms with Crippen LogP contribution < -0.4 is 0 Å². The van der Waals surface area contributed by atoms with Crippen LogP contribution in [0.3, 0.4) is 0 Å². The Morgan fingerprint density at radius 2 is 1.91 bits per heavy atom. The van der Waals surface area contributed by atoms with Crippen LogP contribution in [0.2, 0.25) is 5.15 Å².